The molecule has 3 rings (SSSR count). The third-order valence-electron chi connectivity index (χ3n) is 3.98. The van der Waals surface area contributed by atoms with Gasteiger partial charge in [-0.25, -0.2) is 0 Å². The highest BCUT2D eigenvalue weighted by Crippen LogP contribution is 2.33. The summed E-state index contributed by atoms with van der Waals surface area (Å²) in [6.07, 6.45) is 7.02. The molecule has 1 aliphatic rings. The van der Waals surface area contributed by atoms with E-state index in [1.54, 1.807) is 6.20 Å². The number of piperidine rings is 1. The van der Waals surface area contributed by atoms with Gasteiger partial charge < -0.3 is 15.7 Å². The standard InChI is InChI=1S/C15H19N3O/c16-14-4-5-15(12-6-7-17-9-13(12)14)18-8-2-1-3-11(18)10-19/h4-7,9,11,19H,1-3,8,10,16H2. The minimum atomic E-state index is 0.205. The van der Waals surface area contributed by atoms with E-state index in [-0.39, 0.29) is 12.6 Å². The third kappa shape index (κ3) is 2.12. The summed E-state index contributed by atoms with van der Waals surface area (Å²) in [6, 6.07) is 6.21. The van der Waals surface area contributed by atoms with Crippen molar-refractivity contribution >= 4 is 22.1 Å². The average molecular weight is 257 g/mol. The van der Waals surface area contributed by atoms with Crippen molar-refractivity contribution in [1.82, 2.24) is 4.98 Å². The second-order valence-corrected chi connectivity index (χ2v) is 5.12. The summed E-state index contributed by atoms with van der Waals surface area (Å²) >= 11 is 0. The van der Waals surface area contributed by atoms with Gasteiger partial charge in [-0.3, -0.25) is 4.98 Å². The molecule has 19 heavy (non-hydrogen) atoms. The van der Waals surface area contributed by atoms with Crippen LogP contribution in [-0.4, -0.2) is 29.3 Å². The number of aromatic nitrogens is 1. The van der Waals surface area contributed by atoms with Crippen LogP contribution in [0.5, 0.6) is 0 Å². The first-order chi connectivity index (χ1) is 9.31. The highest BCUT2D eigenvalue weighted by Gasteiger charge is 2.23. The maximum absolute atomic E-state index is 9.57. The largest absolute Gasteiger partial charge is 0.398 e. The second-order valence-electron chi connectivity index (χ2n) is 5.12. The summed E-state index contributed by atoms with van der Waals surface area (Å²) in [5.41, 5.74) is 7.93. The summed E-state index contributed by atoms with van der Waals surface area (Å²) in [4.78, 5) is 6.46. The summed E-state index contributed by atoms with van der Waals surface area (Å²) in [5.74, 6) is 0. The lowest BCUT2D eigenvalue weighted by Gasteiger charge is -2.37. The molecule has 2 heterocycles. The number of aliphatic hydroxyl groups excluding tert-OH is 1. The molecule has 2 aromatic rings. The van der Waals surface area contributed by atoms with Crippen LogP contribution < -0.4 is 10.6 Å². The second kappa shape index (κ2) is 5.05. The molecule has 1 aromatic heterocycles. The van der Waals surface area contributed by atoms with E-state index < -0.39 is 0 Å². The van der Waals surface area contributed by atoms with Crippen LogP contribution in [0.15, 0.2) is 30.6 Å². The summed E-state index contributed by atoms with van der Waals surface area (Å²) in [7, 11) is 0. The molecule has 4 heteroatoms. The molecule has 0 radical (unpaired) electrons. The van der Waals surface area contributed by atoms with Crippen LogP contribution in [0.1, 0.15) is 19.3 Å². The molecule has 1 aromatic carbocycles. The molecule has 0 aliphatic carbocycles. The molecule has 1 fully saturated rings. The van der Waals surface area contributed by atoms with Crippen LogP contribution in [0.2, 0.25) is 0 Å². The molecule has 0 saturated carbocycles. The highest BCUT2D eigenvalue weighted by molar-refractivity contribution is 6.00. The number of benzene rings is 1. The first-order valence-corrected chi connectivity index (χ1v) is 6.81. The Balaban J connectivity index is 2.11. The Morgan fingerprint density at radius 1 is 1.26 bits per heavy atom. The topological polar surface area (TPSA) is 62.4 Å². The molecule has 0 bridgehead atoms. The number of pyridine rings is 1. The zero-order chi connectivity index (χ0) is 13.2. The Morgan fingerprint density at radius 2 is 2.16 bits per heavy atom. The molecule has 0 amide bonds. The molecule has 1 aliphatic heterocycles. The Labute approximate surface area is 112 Å². The third-order valence-corrected chi connectivity index (χ3v) is 3.98. The smallest absolute Gasteiger partial charge is 0.0635 e. The van der Waals surface area contributed by atoms with E-state index in [1.807, 2.05) is 18.3 Å². The molecule has 4 nitrogen and oxygen atoms in total. The van der Waals surface area contributed by atoms with Gasteiger partial charge >= 0.3 is 0 Å². The molecule has 3 N–H and O–H groups in total. The maximum Gasteiger partial charge on any atom is 0.0635 e. The molecule has 100 valence electrons. The SMILES string of the molecule is Nc1ccc(N2CCCCC2CO)c2ccncc12. The van der Waals surface area contributed by atoms with Crippen LogP contribution in [0, 0.1) is 0 Å². The van der Waals surface area contributed by atoms with Gasteiger partial charge in [0.15, 0.2) is 0 Å². The van der Waals surface area contributed by atoms with Crippen molar-refractivity contribution in [3.63, 3.8) is 0 Å². The summed E-state index contributed by atoms with van der Waals surface area (Å²) in [5, 5.41) is 11.7. The Morgan fingerprint density at radius 3 is 3.00 bits per heavy atom. The van der Waals surface area contributed by atoms with Crippen molar-refractivity contribution in [2.45, 2.75) is 25.3 Å². The number of fused-ring (bicyclic) bond motifs is 1. The van der Waals surface area contributed by atoms with Crippen LogP contribution in [0.3, 0.4) is 0 Å². The van der Waals surface area contributed by atoms with Gasteiger partial charge in [-0.15, -0.1) is 0 Å². The van der Waals surface area contributed by atoms with Gasteiger partial charge in [0.1, 0.15) is 0 Å². The van der Waals surface area contributed by atoms with E-state index >= 15 is 0 Å². The lowest BCUT2D eigenvalue weighted by Crippen LogP contribution is -2.42. The van der Waals surface area contributed by atoms with E-state index in [4.69, 9.17) is 5.73 Å². The van der Waals surface area contributed by atoms with Crippen molar-refractivity contribution in [2.24, 2.45) is 0 Å². The first kappa shape index (κ1) is 12.2. The van der Waals surface area contributed by atoms with Gasteiger partial charge in [0.05, 0.1) is 12.6 Å². The number of hydrogen-bond donors (Lipinski definition) is 2. The average Bonchev–Trinajstić information content (AvgIpc) is 2.48. The number of nitrogens with zero attached hydrogens (tertiary/aromatic N) is 2. The number of hydrogen-bond acceptors (Lipinski definition) is 4. The quantitative estimate of drug-likeness (QED) is 0.809. The van der Waals surface area contributed by atoms with E-state index in [1.165, 1.54) is 12.8 Å². The molecule has 1 atom stereocenters. The molecular weight excluding hydrogens is 238 g/mol. The van der Waals surface area contributed by atoms with Crippen molar-refractivity contribution < 1.29 is 5.11 Å². The summed E-state index contributed by atoms with van der Waals surface area (Å²) < 4.78 is 0. The van der Waals surface area contributed by atoms with Crippen LogP contribution in [0.4, 0.5) is 11.4 Å². The van der Waals surface area contributed by atoms with Crippen LogP contribution >= 0.6 is 0 Å². The van der Waals surface area contributed by atoms with Gasteiger partial charge in [0.25, 0.3) is 0 Å². The number of nitrogen functional groups attached to an aromatic ring is 1. The molecule has 1 saturated heterocycles. The molecule has 1 unspecified atom stereocenters. The van der Waals surface area contributed by atoms with E-state index in [2.05, 4.69) is 16.0 Å². The van der Waals surface area contributed by atoms with Crippen LogP contribution in [-0.2, 0) is 0 Å². The minimum Gasteiger partial charge on any atom is -0.398 e. The van der Waals surface area contributed by atoms with Gasteiger partial charge in [-0.1, -0.05) is 0 Å². The van der Waals surface area contributed by atoms with E-state index in [0.717, 1.165) is 35.1 Å². The van der Waals surface area contributed by atoms with Gasteiger partial charge in [-0.05, 0) is 37.5 Å². The maximum atomic E-state index is 9.57. The highest BCUT2D eigenvalue weighted by atomic mass is 16.3. The fourth-order valence-electron chi connectivity index (χ4n) is 2.95. The first-order valence-electron chi connectivity index (χ1n) is 6.81. The number of aliphatic hydroxyl groups is 1. The number of nitrogens with two attached hydrogens (primary N) is 1. The number of rotatable bonds is 2. The lowest BCUT2D eigenvalue weighted by atomic mass is 10.00. The van der Waals surface area contributed by atoms with Crippen LogP contribution in [0.25, 0.3) is 10.8 Å². The fraction of sp³-hybridized carbons (Fsp3) is 0.400. The van der Waals surface area contributed by atoms with Gasteiger partial charge in [0.2, 0.25) is 0 Å². The van der Waals surface area contributed by atoms with Crippen molar-refractivity contribution in [3.8, 4) is 0 Å². The monoisotopic (exact) mass is 257 g/mol. The van der Waals surface area contributed by atoms with Gasteiger partial charge in [0, 0.05) is 41.1 Å². The predicted molar refractivity (Wildman–Crippen MR) is 78.2 cm³/mol. The van der Waals surface area contributed by atoms with Gasteiger partial charge in [-0.2, -0.15) is 0 Å². The Kier molecular flexibility index (Phi) is 3.25. The zero-order valence-corrected chi connectivity index (χ0v) is 10.9. The molecular formula is C15H19N3O. The number of anilines is 2. The Bertz CT molecular complexity index is 585. The summed E-state index contributed by atoms with van der Waals surface area (Å²) in [6.45, 7) is 1.20. The fourth-order valence-corrected chi connectivity index (χ4v) is 2.95. The van der Waals surface area contributed by atoms with E-state index in [0.29, 0.717) is 0 Å². The molecule has 0 spiro atoms. The normalized spacial score (nSPS) is 19.8. The van der Waals surface area contributed by atoms with Crippen molar-refractivity contribution in [3.05, 3.63) is 30.6 Å². The lowest BCUT2D eigenvalue weighted by molar-refractivity contribution is 0.240. The van der Waals surface area contributed by atoms with E-state index in [9.17, 15) is 5.11 Å². The predicted octanol–water partition coefficient (Wildman–Crippen LogP) is 2.17. The zero-order valence-electron chi connectivity index (χ0n) is 10.9. The Hall–Kier alpha value is -1.81. The van der Waals surface area contributed by atoms with Crippen molar-refractivity contribution in [2.75, 3.05) is 23.8 Å². The minimum absolute atomic E-state index is 0.205. The van der Waals surface area contributed by atoms with Crippen molar-refractivity contribution in [1.29, 1.82) is 0 Å².